The van der Waals surface area contributed by atoms with Crippen molar-refractivity contribution in [2.45, 2.75) is 12.8 Å². The van der Waals surface area contributed by atoms with E-state index in [4.69, 9.17) is 11.1 Å². The number of benzene rings is 1. The maximum Gasteiger partial charge on any atom is 0.212 e. The van der Waals surface area contributed by atoms with Gasteiger partial charge in [0.2, 0.25) is 10.0 Å². The van der Waals surface area contributed by atoms with Crippen molar-refractivity contribution in [3.05, 3.63) is 35.9 Å². The molecule has 1 rings (SSSR count). The largest absolute Gasteiger partial charge is 0.387 e. The Hall–Kier alpha value is -1.40. The predicted molar refractivity (Wildman–Crippen MR) is 68.6 cm³/mol. The van der Waals surface area contributed by atoms with Crippen molar-refractivity contribution < 1.29 is 8.42 Å². The lowest BCUT2D eigenvalue weighted by Crippen LogP contribution is -2.35. The lowest BCUT2D eigenvalue weighted by Gasteiger charge is -2.12. The molecule has 0 aliphatic heterocycles. The molecule has 0 radical (unpaired) electrons. The van der Waals surface area contributed by atoms with Crippen molar-refractivity contribution in [3.8, 4) is 0 Å². The van der Waals surface area contributed by atoms with Crippen LogP contribution >= 0.6 is 0 Å². The van der Waals surface area contributed by atoms with Crippen molar-refractivity contribution in [3.63, 3.8) is 0 Å². The molecule has 17 heavy (non-hydrogen) atoms. The Kier molecular flexibility index (Phi) is 4.65. The van der Waals surface area contributed by atoms with E-state index in [0.29, 0.717) is 0 Å². The smallest absolute Gasteiger partial charge is 0.212 e. The topological polar surface area (TPSA) is 96.0 Å². The van der Waals surface area contributed by atoms with Gasteiger partial charge in [-0.1, -0.05) is 37.3 Å². The Morgan fingerprint density at radius 1 is 1.41 bits per heavy atom. The molecule has 0 saturated heterocycles. The minimum atomic E-state index is -3.39. The SMILES string of the molecule is CC(CS(=O)(=O)NCC(=N)N)c1ccccc1. The highest BCUT2D eigenvalue weighted by Crippen LogP contribution is 2.15. The van der Waals surface area contributed by atoms with Crippen LogP contribution in [0.15, 0.2) is 30.3 Å². The number of hydrogen-bond donors (Lipinski definition) is 3. The Morgan fingerprint density at radius 3 is 2.53 bits per heavy atom. The number of nitrogens with two attached hydrogens (primary N) is 1. The predicted octanol–water partition coefficient (Wildman–Crippen LogP) is 0.645. The normalized spacial score (nSPS) is 13.2. The van der Waals surface area contributed by atoms with Gasteiger partial charge in [0.1, 0.15) is 5.84 Å². The van der Waals surface area contributed by atoms with Crippen LogP contribution in [0.5, 0.6) is 0 Å². The van der Waals surface area contributed by atoms with Gasteiger partial charge in [0.15, 0.2) is 0 Å². The summed E-state index contributed by atoms with van der Waals surface area (Å²) in [5.74, 6) is -0.300. The third-order valence-corrected chi connectivity index (χ3v) is 3.84. The summed E-state index contributed by atoms with van der Waals surface area (Å²) >= 11 is 0. The fourth-order valence-electron chi connectivity index (χ4n) is 1.45. The molecule has 0 bridgehead atoms. The molecule has 5 nitrogen and oxygen atoms in total. The quantitative estimate of drug-likeness (QED) is 0.514. The zero-order valence-corrected chi connectivity index (χ0v) is 10.5. The van der Waals surface area contributed by atoms with Crippen molar-refractivity contribution in [2.75, 3.05) is 12.3 Å². The molecule has 0 aromatic heterocycles. The van der Waals surface area contributed by atoms with Crippen molar-refractivity contribution in [1.29, 1.82) is 5.41 Å². The molecule has 0 saturated carbocycles. The van der Waals surface area contributed by atoms with Gasteiger partial charge >= 0.3 is 0 Å². The van der Waals surface area contributed by atoms with Crippen LogP contribution in [0.4, 0.5) is 0 Å². The average molecular weight is 255 g/mol. The second-order valence-corrected chi connectivity index (χ2v) is 5.79. The number of nitrogens with one attached hydrogen (secondary N) is 2. The summed E-state index contributed by atoms with van der Waals surface area (Å²) < 4.78 is 25.6. The molecule has 0 heterocycles. The summed E-state index contributed by atoms with van der Waals surface area (Å²) in [4.78, 5) is 0. The zero-order valence-electron chi connectivity index (χ0n) is 9.68. The minimum absolute atomic E-state index is 0.00963. The summed E-state index contributed by atoms with van der Waals surface area (Å²) in [6.07, 6.45) is 0. The first-order valence-electron chi connectivity index (χ1n) is 5.26. The minimum Gasteiger partial charge on any atom is -0.387 e. The van der Waals surface area contributed by atoms with E-state index in [1.54, 1.807) is 0 Å². The molecular formula is C11H17N3O2S. The van der Waals surface area contributed by atoms with Gasteiger partial charge in [-0.05, 0) is 11.5 Å². The second kappa shape index (κ2) is 5.79. The summed E-state index contributed by atoms with van der Waals surface area (Å²) in [5, 5.41) is 6.97. The Morgan fingerprint density at radius 2 is 2.00 bits per heavy atom. The molecule has 0 aliphatic carbocycles. The van der Waals surface area contributed by atoms with Crippen LogP contribution < -0.4 is 10.5 Å². The fourth-order valence-corrected chi connectivity index (χ4v) is 2.80. The molecule has 0 spiro atoms. The van der Waals surface area contributed by atoms with E-state index in [2.05, 4.69) is 4.72 Å². The summed E-state index contributed by atoms with van der Waals surface area (Å²) in [6.45, 7) is 1.71. The van der Waals surface area contributed by atoms with Crippen LogP contribution in [0, 0.1) is 5.41 Å². The van der Waals surface area contributed by atoms with Crippen molar-refractivity contribution >= 4 is 15.9 Å². The van der Waals surface area contributed by atoms with Gasteiger partial charge in [-0.25, -0.2) is 13.1 Å². The van der Waals surface area contributed by atoms with Gasteiger partial charge in [-0.3, -0.25) is 5.41 Å². The van der Waals surface area contributed by atoms with Gasteiger partial charge < -0.3 is 5.73 Å². The number of hydrogen-bond acceptors (Lipinski definition) is 3. The standard InChI is InChI=1S/C11H17N3O2S/c1-9(10-5-3-2-4-6-10)8-17(15,16)14-7-11(12)13/h2-6,9,14H,7-8H2,1H3,(H3,12,13). The first-order chi connectivity index (χ1) is 7.91. The molecule has 1 atom stereocenters. The van der Waals surface area contributed by atoms with Crippen molar-refractivity contribution in [1.82, 2.24) is 4.72 Å². The first-order valence-corrected chi connectivity index (χ1v) is 6.91. The van der Waals surface area contributed by atoms with Gasteiger partial charge in [0.25, 0.3) is 0 Å². The van der Waals surface area contributed by atoms with Crippen molar-refractivity contribution in [2.24, 2.45) is 5.73 Å². The van der Waals surface area contributed by atoms with E-state index in [1.165, 1.54) is 0 Å². The third kappa shape index (κ3) is 4.97. The molecule has 4 N–H and O–H groups in total. The highest BCUT2D eigenvalue weighted by molar-refractivity contribution is 7.89. The Bertz CT molecular complexity index is 471. The van der Waals surface area contributed by atoms with E-state index in [-0.39, 0.29) is 24.1 Å². The zero-order chi connectivity index (χ0) is 12.9. The maximum atomic E-state index is 11.7. The molecular weight excluding hydrogens is 238 g/mol. The van der Waals surface area contributed by atoms with Gasteiger partial charge in [0, 0.05) is 0 Å². The average Bonchev–Trinajstić information content (AvgIpc) is 2.27. The lowest BCUT2D eigenvalue weighted by atomic mass is 10.0. The van der Waals surface area contributed by atoms with E-state index in [0.717, 1.165) is 5.56 Å². The monoisotopic (exact) mass is 255 g/mol. The number of amidine groups is 1. The van der Waals surface area contributed by atoms with Gasteiger partial charge in [-0.2, -0.15) is 0 Å². The van der Waals surface area contributed by atoms with Crippen LogP contribution in [-0.2, 0) is 10.0 Å². The lowest BCUT2D eigenvalue weighted by molar-refractivity contribution is 0.580. The van der Waals surface area contributed by atoms with Gasteiger partial charge in [0.05, 0.1) is 12.3 Å². The van der Waals surface area contributed by atoms with Crippen LogP contribution in [0.25, 0.3) is 0 Å². The molecule has 94 valence electrons. The fraction of sp³-hybridized carbons (Fsp3) is 0.364. The number of sulfonamides is 1. The van der Waals surface area contributed by atoms with Crippen LogP contribution in [-0.4, -0.2) is 26.6 Å². The first kappa shape index (κ1) is 13.7. The summed E-state index contributed by atoms with van der Waals surface area (Å²) in [6, 6.07) is 9.43. The Labute approximate surface area is 102 Å². The van der Waals surface area contributed by atoms with E-state index in [1.807, 2.05) is 37.3 Å². The van der Waals surface area contributed by atoms with Crippen LogP contribution in [0.3, 0.4) is 0 Å². The second-order valence-electron chi connectivity index (χ2n) is 3.94. The third-order valence-electron chi connectivity index (χ3n) is 2.32. The number of rotatable bonds is 6. The molecule has 6 heteroatoms. The van der Waals surface area contributed by atoms with Gasteiger partial charge in [-0.15, -0.1) is 0 Å². The Balaban J connectivity index is 2.62. The molecule has 0 aliphatic rings. The molecule has 1 aromatic rings. The van der Waals surface area contributed by atoms with E-state index in [9.17, 15) is 8.42 Å². The molecule has 0 fully saturated rings. The summed E-state index contributed by atoms with van der Waals surface area (Å²) in [7, 11) is -3.39. The molecule has 1 unspecified atom stereocenters. The summed E-state index contributed by atoms with van der Waals surface area (Å²) in [5.41, 5.74) is 6.07. The highest BCUT2D eigenvalue weighted by atomic mass is 32.2. The van der Waals surface area contributed by atoms with Crippen LogP contribution in [0.2, 0.25) is 0 Å². The highest BCUT2D eigenvalue weighted by Gasteiger charge is 2.16. The molecule has 0 amide bonds. The maximum absolute atomic E-state index is 11.7. The molecule has 1 aromatic carbocycles. The van der Waals surface area contributed by atoms with E-state index < -0.39 is 10.0 Å². The van der Waals surface area contributed by atoms with Crippen LogP contribution in [0.1, 0.15) is 18.4 Å². The van der Waals surface area contributed by atoms with E-state index >= 15 is 0 Å².